The Balaban J connectivity index is 0.000000169. The van der Waals surface area contributed by atoms with Gasteiger partial charge in [-0.1, -0.05) is 42.5 Å². The third-order valence-electron chi connectivity index (χ3n) is 4.46. The lowest BCUT2D eigenvalue weighted by molar-refractivity contribution is -0.138. The monoisotopic (exact) mass is 408 g/mol. The highest BCUT2D eigenvalue weighted by Crippen LogP contribution is 2.21. The predicted molar refractivity (Wildman–Crippen MR) is 117 cm³/mol. The molecule has 0 amide bonds. The van der Waals surface area contributed by atoms with Crippen molar-refractivity contribution in [3.8, 4) is 11.1 Å². The maximum absolute atomic E-state index is 13.0. The zero-order valence-electron chi connectivity index (χ0n) is 15.5. The van der Waals surface area contributed by atoms with Crippen LogP contribution in [0, 0.1) is 5.82 Å². The van der Waals surface area contributed by atoms with Gasteiger partial charge in [0.25, 0.3) is 0 Å². The molecule has 0 fully saturated rings. The average Bonchev–Trinajstić information content (AvgIpc) is 3.11. The van der Waals surface area contributed by atoms with Crippen LogP contribution < -0.4 is 5.73 Å². The molecule has 0 aliphatic heterocycles. The molecule has 0 aliphatic rings. The van der Waals surface area contributed by atoms with Crippen molar-refractivity contribution in [2.24, 2.45) is 5.73 Å². The van der Waals surface area contributed by atoms with E-state index in [1.165, 1.54) is 23.3 Å². The Morgan fingerprint density at radius 2 is 1.69 bits per heavy atom. The van der Waals surface area contributed by atoms with E-state index >= 15 is 0 Å². The molecule has 0 bridgehead atoms. The van der Waals surface area contributed by atoms with Gasteiger partial charge in [0.15, 0.2) is 0 Å². The van der Waals surface area contributed by atoms with Gasteiger partial charge < -0.3 is 15.8 Å². The van der Waals surface area contributed by atoms with Gasteiger partial charge in [-0.05, 0) is 47.0 Å². The molecule has 4 aromatic rings. The largest absolute Gasteiger partial charge is 0.480 e. The fourth-order valence-electron chi connectivity index (χ4n) is 2.93. The molecule has 1 atom stereocenters. The van der Waals surface area contributed by atoms with Gasteiger partial charge in [0.05, 0.1) is 0 Å². The van der Waals surface area contributed by atoms with Gasteiger partial charge in [0.1, 0.15) is 11.9 Å². The highest BCUT2D eigenvalue weighted by atomic mass is 32.1. The first kappa shape index (κ1) is 20.6. The molecule has 4 nitrogen and oxygen atoms in total. The average molecular weight is 408 g/mol. The molecule has 4 rings (SSSR count). The second-order valence-electron chi connectivity index (χ2n) is 6.57. The Labute approximate surface area is 173 Å². The minimum absolute atomic E-state index is 0.179. The van der Waals surface area contributed by atoms with Crippen LogP contribution >= 0.6 is 12.6 Å². The van der Waals surface area contributed by atoms with E-state index in [2.05, 4.69) is 41.9 Å². The van der Waals surface area contributed by atoms with Crippen molar-refractivity contribution in [1.29, 1.82) is 0 Å². The molecule has 29 heavy (non-hydrogen) atoms. The summed E-state index contributed by atoms with van der Waals surface area (Å²) in [6.45, 7) is 0. The number of rotatable bonds is 4. The number of nitrogens with one attached hydrogen (secondary N) is 1. The van der Waals surface area contributed by atoms with Gasteiger partial charge in [-0.2, -0.15) is 0 Å². The number of thiol groups is 1. The molecule has 3 aromatic carbocycles. The number of carbonyl (C=O) groups is 1. The lowest BCUT2D eigenvalue weighted by Crippen LogP contribution is -2.32. The Kier molecular flexibility index (Phi) is 6.69. The van der Waals surface area contributed by atoms with Crippen molar-refractivity contribution < 1.29 is 14.3 Å². The van der Waals surface area contributed by atoms with Gasteiger partial charge in [0.2, 0.25) is 0 Å². The summed E-state index contributed by atoms with van der Waals surface area (Å²) in [7, 11) is 0. The zero-order valence-corrected chi connectivity index (χ0v) is 16.4. The summed E-state index contributed by atoms with van der Waals surface area (Å²) < 4.78 is 13.0. The minimum Gasteiger partial charge on any atom is -0.480 e. The topological polar surface area (TPSA) is 79.1 Å². The fraction of sp³-hybridized carbons (Fsp3) is 0.0870. The summed E-state index contributed by atoms with van der Waals surface area (Å²) in [6, 6.07) is 21.9. The molecule has 1 aromatic heterocycles. The number of carboxylic acid groups (broad SMARTS) is 1. The second-order valence-corrected chi connectivity index (χ2v) is 7.08. The summed E-state index contributed by atoms with van der Waals surface area (Å²) in [5, 5.41) is 9.38. The quantitative estimate of drug-likeness (QED) is 0.363. The number of aromatic amines is 1. The molecule has 4 N–H and O–H groups in total. The maximum atomic E-state index is 13.0. The van der Waals surface area contributed by atoms with Crippen molar-refractivity contribution in [3.05, 3.63) is 90.4 Å². The molecule has 1 heterocycles. The number of aliphatic carboxylic acids is 1. The highest BCUT2D eigenvalue weighted by Gasteiger charge is 2.14. The van der Waals surface area contributed by atoms with E-state index in [0.29, 0.717) is 10.9 Å². The van der Waals surface area contributed by atoms with E-state index in [-0.39, 0.29) is 12.2 Å². The molecule has 0 spiro atoms. The minimum atomic E-state index is -1.06. The Morgan fingerprint density at radius 3 is 2.34 bits per heavy atom. The maximum Gasteiger partial charge on any atom is 0.320 e. The predicted octanol–water partition coefficient (Wildman–Crippen LogP) is 4.90. The molecule has 6 heteroatoms. The lowest BCUT2D eigenvalue weighted by Gasteiger charge is -2.04. The molecule has 1 unspecified atom stereocenters. The third kappa shape index (κ3) is 5.47. The number of nitrogens with two attached hydrogens (primary N) is 1. The lowest BCUT2D eigenvalue weighted by atomic mass is 10.1. The summed E-state index contributed by atoms with van der Waals surface area (Å²) in [6.07, 6.45) is 1.84. The van der Waals surface area contributed by atoms with Crippen LogP contribution in [0.2, 0.25) is 0 Å². The van der Waals surface area contributed by atoms with Gasteiger partial charge >= 0.3 is 5.97 Å². The van der Waals surface area contributed by atoms with Gasteiger partial charge in [-0.3, -0.25) is 4.79 Å². The Morgan fingerprint density at radius 1 is 1.03 bits per heavy atom. The van der Waals surface area contributed by atoms with Gasteiger partial charge in [0, 0.05) is 28.4 Å². The van der Waals surface area contributed by atoms with E-state index in [1.54, 1.807) is 12.3 Å². The normalized spacial score (nSPS) is 11.6. The standard InChI is InChI=1S/C12H10S.C11H11FN2O2/c13-12-8-6-11(7-9-12)10-4-2-1-3-5-10;12-7-1-2-10-8(4-7)6(5-14-10)3-9(13)11(15)16/h1-9,13H;1-2,4-5,9,14H,3,13H2,(H,15,16). The first-order chi connectivity index (χ1) is 13.9. The summed E-state index contributed by atoms with van der Waals surface area (Å²) in [4.78, 5) is 14.6. The van der Waals surface area contributed by atoms with E-state index in [0.717, 1.165) is 10.4 Å². The van der Waals surface area contributed by atoms with Gasteiger partial charge in [-0.15, -0.1) is 12.6 Å². The van der Waals surface area contributed by atoms with Crippen LogP contribution in [0.15, 0.2) is 83.9 Å². The number of aromatic nitrogens is 1. The van der Waals surface area contributed by atoms with E-state index in [1.807, 2.05) is 30.3 Å². The van der Waals surface area contributed by atoms with Crippen molar-refractivity contribution >= 4 is 29.5 Å². The van der Waals surface area contributed by atoms with E-state index < -0.39 is 12.0 Å². The summed E-state index contributed by atoms with van der Waals surface area (Å²) in [5.74, 6) is -1.41. The Hall–Kier alpha value is -3.09. The number of hydrogen-bond donors (Lipinski definition) is 4. The number of halogens is 1. The first-order valence-electron chi connectivity index (χ1n) is 9.02. The number of H-pyrrole nitrogens is 1. The van der Waals surface area contributed by atoms with E-state index in [9.17, 15) is 9.18 Å². The summed E-state index contributed by atoms with van der Waals surface area (Å²) in [5.41, 5.74) is 9.39. The van der Waals surface area contributed by atoms with Crippen LogP contribution in [0.25, 0.3) is 22.0 Å². The highest BCUT2D eigenvalue weighted by molar-refractivity contribution is 7.80. The molecular formula is C23H21FN2O2S. The SMILES string of the molecule is NC(Cc1c[nH]c2ccc(F)cc12)C(=O)O.Sc1ccc(-c2ccccc2)cc1. The van der Waals surface area contributed by atoms with Crippen LogP contribution in [-0.4, -0.2) is 22.1 Å². The Bertz CT molecular complexity index is 1100. The number of carboxylic acids is 1. The van der Waals surface area contributed by atoms with Crippen molar-refractivity contribution in [1.82, 2.24) is 4.98 Å². The van der Waals surface area contributed by atoms with Crippen LogP contribution in [0.3, 0.4) is 0 Å². The smallest absolute Gasteiger partial charge is 0.320 e. The second kappa shape index (κ2) is 9.41. The number of benzene rings is 3. The number of hydrogen-bond acceptors (Lipinski definition) is 3. The van der Waals surface area contributed by atoms with Crippen LogP contribution in [0.1, 0.15) is 5.56 Å². The molecule has 0 saturated heterocycles. The fourth-order valence-corrected chi connectivity index (χ4v) is 3.08. The van der Waals surface area contributed by atoms with Crippen LogP contribution in [0.4, 0.5) is 4.39 Å². The molecule has 0 radical (unpaired) electrons. The number of fused-ring (bicyclic) bond motifs is 1. The van der Waals surface area contributed by atoms with Crippen LogP contribution in [-0.2, 0) is 11.2 Å². The zero-order chi connectivity index (χ0) is 20.8. The van der Waals surface area contributed by atoms with Crippen molar-refractivity contribution in [2.75, 3.05) is 0 Å². The third-order valence-corrected chi connectivity index (χ3v) is 4.76. The van der Waals surface area contributed by atoms with Crippen LogP contribution in [0.5, 0.6) is 0 Å². The molecule has 0 aliphatic carbocycles. The molecule has 0 saturated carbocycles. The molecular weight excluding hydrogens is 387 g/mol. The van der Waals surface area contributed by atoms with E-state index in [4.69, 9.17) is 10.8 Å². The molecule has 148 valence electrons. The van der Waals surface area contributed by atoms with Gasteiger partial charge in [-0.25, -0.2) is 4.39 Å². The summed E-state index contributed by atoms with van der Waals surface area (Å²) >= 11 is 4.24. The van der Waals surface area contributed by atoms with Crippen molar-refractivity contribution in [3.63, 3.8) is 0 Å². The van der Waals surface area contributed by atoms with Crippen molar-refractivity contribution in [2.45, 2.75) is 17.4 Å². The first-order valence-corrected chi connectivity index (χ1v) is 9.47.